The third-order valence-electron chi connectivity index (χ3n) is 4.30. The minimum atomic E-state index is -3.82. The van der Waals surface area contributed by atoms with E-state index in [2.05, 4.69) is 5.32 Å². The van der Waals surface area contributed by atoms with Crippen molar-refractivity contribution < 1.29 is 27.2 Å². The number of morpholine rings is 1. The second kappa shape index (κ2) is 8.95. The molecule has 0 saturated carbocycles. The van der Waals surface area contributed by atoms with E-state index in [0.29, 0.717) is 18.8 Å². The van der Waals surface area contributed by atoms with Crippen LogP contribution in [-0.2, 0) is 19.6 Å². The molecular weight excluding hydrogens is 422 g/mol. The van der Waals surface area contributed by atoms with Crippen LogP contribution in [0.3, 0.4) is 0 Å². The van der Waals surface area contributed by atoms with Crippen LogP contribution < -0.4 is 5.32 Å². The first-order chi connectivity index (χ1) is 13.8. The van der Waals surface area contributed by atoms with E-state index in [1.54, 1.807) is 0 Å². The zero-order valence-electron chi connectivity index (χ0n) is 15.6. The quantitative estimate of drug-likeness (QED) is 0.730. The van der Waals surface area contributed by atoms with Crippen molar-refractivity contribution >= 4 is 39.1 Å². The highest BCUT2D eigenvalue weighted by atomic mass is 35.5. The van der Waals surface area contributed by atoms with Crippen molar-refractivity contribution in [1.29, 1.82) is 0 Å². The lowest BCUT2D eigenvalue weighted by molar-refractivity contribution is -0.116. The molecule has 11 heteroatoms. The van der Waals surface area contributed by atoms with E-state index in [0.717, 1.165) is 0 Å². The summed E-state index contributed by atoms with van der Waals surface area (Å²) in [6.07, 6.45) is 2.66. The number of carbonyl (C=O) groups is 2. The van der Waals surface area contributed by atoms with E-state index in [-0.39, 0.29) is 41.1 Å². The summed E-state index contributed by atoms with van der Waals surface area (Å²) < 4.78 is 37.1. The average Bonchev–Trinajstić information content (AvgIpc) is 3.24. The maximum atomic E-state index is 12.9. The minimum Gasteiger partial charge on any atom is -0.472 e. The summed E-state index contributed by atoms with van der Waals surface area (Å²) in [6.45, 7) is 0.860. The van der Waals surface area contributed by atoms with Crippen molar-refractivity contribution in [1.82, 2.24) is 9.21 Å². The SMILES string of the molecule is CN(CC(=O)Nc1ccc(Cl)c(S(=O)(=O)N2CCOCC2)c1)C(=O)c1ccoc1. The van der Waals surface area contributed by atoms with Gasteiger partial charge >= 0.3 is 0 Å². The Kier molecular flexibility index (Phi) is 6.58. The number of rotatable bonds is 6. The van der Waals surface area contributed by atoms with Crippen molar-refractivity contribution in [2.45, 2.75) is 4.90 Å². The Hall–Kier alpha value is -2.40. The van der Waals surface area contributed by atoms with E-state index >= 15 is 0 Å². The molecule has 1 saturated heterocycles. The number of nitrogens with one attached hydrogen (secondary N) is 1. The van der Waals surface area contributed by atoms with Gasteiger partial charge in [-0.2, -0.15) is 4.31 Å². The van der Waals surface area contributed by atoms with Gasteiger partial charge in [-0.1, -0.05) is 11.6 Å². The van der Waals surface area contributed by atoms with Crippen LogP contribution in [-0.4, -0.2) is 69.3 Å². The topological polar surface area (TPSA) is 109 Å². The minimum absolute atomic E-state index is 0.0572. The summed E-state index contributed by atoms with van der Waals surface area (Å²) in [7, 11) is -2.34. The summed E-state index contributed by atoms with van der Waals surface area (Å²) in [5.74, 6) is -0.859. The number of anilines is 1. The zero-order chi connectivity index (χ0) is 21.0. The number of amides is 2. The number of nitrogens with zero attached hydrogens (tertiary/aromatic N) is 2. The van der Waals surface area contributed by atoms with Gasteiger partial charge in [-0.05, 0) is 24.3 Å². The molecule has 2 amide bonds. The van der Waals surface area contributed by atoms with Gasteiger partial charge in [0.1, 0.15) is 11.2 Å². The first kappa shape index (κ1) is 21.3. The molecular formula is C18H20ClN3O6S. The van der Waals surface area contributed by atoms with Crippen molar-refractivity contribution in [3.05, 3.63) is 47.4 Å². The Morgan fingerprint density at radius 1 is 1.24 bits per heavy atom. The van der Waals surface area contributed by atoms with E-state index in [1.807, 2.05) is 0 Å². The second-order valence-corrected chi connectivity index (χ2v) is 8.70. The molecule has 2 heterocycles. The summed E-state index contributed by atoms with van der Waals surface area (Å²) in [6, 6.07) is 5.71. The molecule has 1 aromatic heterocycles. The average molecular weight is 442 g/mol. The fourth-order valence-corrected chi connectivity index (χ4v) is 4.71. The Bertz CT molecular complexity index is 987. The number of halogens is 1. The molecule has 1 aromatic carbocycles. The number of sulfonamides is 1. The molecule has 1 aliphatic rings. The number of carbonyl (C=O) groups excluding carboxylic acids is 2. The zero-order valence-corrected chi connectivity index (χ0v) is 17.2. The van der Waals surface area contributed by atoms with E-state index in [9.17, 15) is 18.0 Å². The molecule has 0 aliphatic carbocycles. The van der Waals surface area contributed by atoms with Crippen LogP contribution in [0.25, 0.3) is 0 Å². The number of likely N-dealkylation sites (N-methyl/N-ethyl adjacent to an activating group) is 1. The smallest absolute Gasteiger partial charge is 0.257 e. The van der Waals surface area contributed by atoms with Crippen molar-refractivity contribution in [3.63, 3.8) is 0 Å². The van der Waals surface area contributed by atoms with Crippen LogP contribution >= 0.6 is 11.6 Å². The first-order valence-corrected chi connectivity index (χ1v) is 10.6. The second-order valence-electron chi connectivity index (χ2n) is 6.38. The number of benzene rings is 1. The van der Waals surface area contributed by atoms with Gasteiger partial charge in [0.15, 0.2) is 0 Å². The third-order valence-corrected chi connectivity index (χ3v) is 6.68. The van der Waals surface area contributed by atoms with Crippen LogP contribution in [0.1, 0.15) is 10.4 Å². The van der Waals surface area contributed by atoms with Crippen molar-refractivity contribution in [2.24, 2.45) is 0 Å². The molecule has 0 radical (unpaired) electrons. The molecule has 29 heavy (non-hydrogen) atoms. The molecule has 0 spiro atoms. The van der Waals surface area contributed by atoms with Crippen LogP contribution in [0.15, 0.2) is 46.1 Å². The largest absolute Gasteiger partial charge is 0.472 e. The highest BCUT2D eigenvalue weighted by Gasteiger charge is 2.28. The summed E-state index contributed by atoms with van der Waals surface area (Å²) in [5, 5.41) is 2.65. The van der Waals surface area contributed by atoms with Gasteiger partial charge in [0, 0.05) is 25.8 Å². The van der Waals surface area contributed by atoms with Crippen LogP contribution in [0.2, 0.25) is 5.02 Å². The van der Waals surface area contributed by atoms with Gasteiger partial charge in [-0.25, -0.2) is 8.42 Å². The van der Waals surface area contributed by atoms with Gasteiger partial charge in [0.25, 0.3) is 5.91 Å². The Labute approximate surface area is 173 Å². The monoisotopic (exact) mass is 441 g/mol. The number of hydrogen-bond acceptors (Lipinski definition) is 6. The van der Waals surface area contributed by atoms with Crippen molar-refractivity contribution in [2.75, 3.05) is 45.2 Å². The number of furan rings is 1. The predicted molar refractivity (Wildman–Crippen MR) is 105 cm³/mol. The summed E-state index contributed by atoms with van der Waals surface area (Å²) in [5.41, 5.74) is 0.584. The molecule has 2 aromatic rings. The normalized spacial score (nSPS) is 15.1. The molecule has 9 nitrogen and oxygen atoms in total. The maximum absolute atomic E-state index is 12.9. The lowest BCUT2D eigenvalue weighted by atomic mass is 10.3. The van der Waals surface area contributed by atoms with Gasteiger partial charge in [0.05, 0.1) is 36.6 Å². The lowest BCUT2D eigenvalue weighted by Gasteiger charge is -2.26. The molecule has 0 unspecified atom stereocenters. The summed E-state index contributed by atoms with van der Waals surface area (Å²) >= 11 is 6.11. The molecule has 1 N–H and O–H groups in total. The first-order valence-electron chi connectivity index (χ1n) is 8.74. The van der Waals surface area contributed by atoms with Gasteiger partial charge in [-0.3, -0.25) is 9.59 Å². The number of hydrogen-bond donors (Lipinski definition) is 1. The van der Waals surface area contributed by atoms with Crippen molar-refractivity contribution in [3.8, 4) is 0 Å². The molecule has 1 aliphatic heterocycles. The molecule has 0 bridgehead atoms. The van der Waals surface area contributed by atoms with Gasteiger partial charge in [-0.15, -0.1) is 0 Å². The predicted octanol–water partition coefficient (Wildman–Crippen LogP) is 1.66. The fourth-order valence-electron chi connectivity index (χ4n) is 2.80. The fraction of sp³-hybridized carbons (Fsp3) is 0.333. The Morgan fingerprint density at radius 2 is 1.97 bits per heavy atom. The molecule has 3 rings (SSSR count). The molecule has 156 valence electrons. The van der Waals surface area contributed by atoms with Crippen LogP contribution in [0, 0.1) is 0 Å². The highest BCUT2D eigenvalue weighted by molar-refractivity contribution is 7.89. The lowest BCUT2D eigenvalue weighted by Crippen LogP contribution is -2.40. The van der Waals surface area contributed by atoms with Gasteiger partial charge < -0.3 is 19.4 Å². The highest BCUT2D eigenvalue weighted by Crippen LogP contribution is 2.28. The van der Waals surface area contributed by atoms with E-state index in [4.69, 9.17) is 20.8 Å². The molecule has 1 fully saturated rings. The van der Waals surface area contributed by atoms with E-state index < -0.39 is 15.9 Å². The Balaban J connectivity index is 1.70. The van der Waals surface area contributed by atoms with Crippen LogP contribution in [0.4, 0.5) is 5.69 Å². The Morgan fingerprint density at radius 3 is 2.62 bits per heavy atom. The van der Waals surface area contributed by atoms with Crippen LogP contribution in [0.5, 0.6) is 0 Å². The standard InChI is InChI=1S/C18H20ClN3O6S/c1-21(18(24)13-4-7-28-12-13)11-17(23)20-14-2-3-15(19)16(10-14)29(25,26)22-5-8-27-9-6-22/h2-4,7,10,12H,5-6,8-9,11H2,1H3,(H,20,23). The summed E-state index contributed by atoms with van der Waals surface area (Å²) in [4.78, 5) is 25.6. The third kappa shape index (κ3) is 4.96. The van der Waals surface area contributed by atoms with E-state index in [1.165, 1.54) is 53.0 Å². The maximum Gasteiger partial charge on any atom is 0.257 e. The molecule has 0 atom stereocenters. The van der Waals surface area contributed by atoms with Gasteiger partial charge in [0.2, 0.25) is 15.9 Å². The number of ether oxygens (including phenoxy) is 1.